The molecule has 0 aliphatic heterocycles. The summed E-state index contributed by atoms with van der Waals surface area (Å²) >= 11 is 11.4. The van der Waals surface area contributed by atoms with E-state index in [4.69, 9.17) is 28.5 Å². The Hall–Kier alpha value is -1.38. The molecular formula is C14H14Cl2FN3O. The molecule has 112 valence electrons. The second kappa shape index (κ2) is 7.06. The molecule has 21 heavy (non-hydrogen) atoms. The molecule has 0 N–H and O–H groups in total. The van der Waals surface area contributed by atoms with Crippen LogP contribution in [-0.2, 0) is 0 Å². The third-order valence-corrected chi connectivity index (χ3v) is 4.15. The Morgan fingerprint density at radius 1 is 1.48 bits per heavy atom. The van der Waals surface area contributed by atoms with Crippen LogP contribution in [0.25, 0.3) is 0 Å². The molecule has 1 amide bonds. The average Bonchev–Trinajstić information content (AvgIpc) is 2.40. The molecule has 0 atom stereocenters. The molecule has 1 saturated carbocycles. The van der Waals surface area contributed by atoms with Gasteiger partial charge in [0.05, 0.1) is 18.1 Å². The van der Waals surface area contributed by atoms with Gasteiger partial charge in [-0.25, -0.2) is 9.37 Å². The average molecular weight is 330 g/mol. The van der Waals surface area contributed by atoms with Crippen molar-refractivity contribution in [3.05, 3.63) is 27.8 Å². The van der Waals surface area contributed by atoms with Crippen molar-refractivity contribution in [3.63, 3.8) is 0 Å². The van der Waals surface area contributed by atoms with Gasteiger partial charge in [-0.3, -0.25) is 4.79 Å². The van der Waals surface area contributed by atoms with Crippen LogP contribution in [0, 0.1) is 23.1 Å². The maximum atomic E-state index is 13.5. The number of carbonyl (C=O) groups excluding carboxylic acids is 1. The van der Waals surface area contributed by atoms with Gasteiger partial charge in [0.2, 0.25) is 0 Å². The maximum absolute atomic E-state index is 13.5. The van der Waals surface area contributed by atoms with Crippen molar-refractivity contribution in [2.24, 2.45) is 5.92 Å². The van der Waals surface area contributed by atoms with Crippen molar-refractivity contribution in [2.45, 2.75) is 25.7 Å². The van der Waals surface area contributed by atoms with Crippen molar-refractivity contribution in [1.82, 2.24) is 9.88 Å². The first-order valence-electron chi connectivity index (χ1n) is 6.70. The predicted octanol–water partition coefficient (Wildman–Crippen LogP) is 3.68. The lowest BCUT2D eigenvalue weighted by atomic mass is 9.85. The second-order valence-electron chi connectivity index (χ2n) is 5.06. The zero-order valence-electron chi connectivity index (χ0n) is 11.3. The first-order valence-corrected chi connectivity index (χ1v) is 7.46. The minimum Gasteiger partial charge on any atom is -0.337 e. The van der Waals surface area contributed by atoms with Crippen LogP contribution in [0.5, 0.6) is 0 Å². The molecule has 0 bridgehead atoms. The van der Waals surface area contributed by atoms with Crippen LogP contribution in [-0.4, -0.2) is 28.9 Å². The van der Waals surface area contributed by atoms with Crippen molar-refractivity contribution >= 4 is 29.1 Å². The predicted molar refractivity (Wildman–Crippen MR) is 77.7 cm³/mol. The molecule has 0 saturated heterocycles. The van der Waals surface area contributed by atoms with Crippen LogP contribution < -0.4 is 0 Å². The number of aromatic nitrogens is 1. The number of nitriles is 1. The van der Waals surface area contributed by atoms with Gasteiger partial charge in [-0.1, -0.05) is 29.6 Å². The molecule has 1 aromatic rings. The van der Waals surface area contributed by atoms with Gasteiger partial charge >= 0.3 is 0 Å². The Kier molecular flexibility index (Phi) is 5.38. The molecule has 1 aliphatic rings. The van der Waals surface area contributed by atoms with Crippen LogP contribution in [0.2, 0.25) is 10.3 Å². The van der Waals surface area contributed by atoms with E-state index in [1.807, 2.05) is 6.07 Å². The molecule has 0 radical (unpaired) electrons. The Morgan fingerprint density at radius 2 is 2.19 bits per heavy atom. The van der Waals surface area contributed by atoms with Gasteiger partial charge in [0.15, 0.2) is 11.0 Å². The van der Waals surface area contributed by atoms with Gasteiger partial charge in [0.25, 0.3) is 5.91 Å². The highest BCUT2D eigenvalue weighted by Gasteiger charge is 2.26. The lowest BCUT2D eigenvalue weighted by Gasteiger charge is -2.32. The summed E-state index contributed by atoms with van der Waals surface area (Å²) in [6.07, 6.45) is 3.51. The molecule has 1 heterocycles. The Balaban J connectivity index is 2.19. The van der Waals surface area contributed by atoms with E-state index in [9.17, 15) is 9.18 Å². The highest BCUT2D eigenvalue weighted by molar-refractivity contribution is 6.34. The first-order chi connectivity index (χ1) is 10.0. The molecule has 4 nitrogen and oxygen atoms in total. The number of amides is 1. The van der Waals surface area contributed by atoms with Crippen LogP contribution >= 0.6 is 23.2 Å². The molecule has 0 unspecified atom stereocenters. The van der Waals surface area contributed by atoms with Gasteiger partial charge in [0.1, 0.15) is 5.15 Å². The van der Waals surface area contributed by atoms with Gasteiger partial charge < -0.3 is 4.90 Å². The number of carbonyl (C=O) groups is 1. The van der Waals surface area contributed by atoms with E-state index >= 15 is 0 Å². The minimum absolute atomic E-state index is 0.0178. The number of halogens is 3. The first kappa shape index (κ1) is 16.0. The largest absolute Gasteiger partial charge is 0.337 e. The highest BCUT2D eigenvalue weighted by Crippen LogP contribution is 2.28. The van der Waals surface area contributed by atoms with Crippen LogP contribution in [0.15, 0.2) is 6.07 Å². The number of pyridine rings is 1. The minimum atomic E-state index is -0.784. The van der Waals surface area contributed by atoms with E-state index in [1.165, 1.54) is 0 Å². The monoisotopic (exact) mass is 329 g/mol. The molecular weight excluding hydrogens is 316 g/mol. The summed E-state index contributed by atoms with van der Waals surface area (Å²) in [5, 5.41) is 8.22. The molecule has 7 heteroatoms. The molecule has 0 aromatic carbocycles. The van der Waals surface area contributed by atoms with Gasteiger partial charge in [-0.2, -0.15) is 5.26 Å². The molecule has 1 aromatic heterocycles. The SMILES string of the molecule is N#CCCN(CC1CCC1)C(=O)c1cc(F)c(Cl)nc1Cl. The summed E-state index contributed by atoms with van der Waals surface area (Å²) in [5.41, 5.74) is -0.0178. The van der Waals surface area contributed by atoms with Gasteiger partial charge in [0, 0.05) is 13.1 Å². The number of hydrogen-bond donors (Lipinski definition) is 0. The van der Waals surface area contributed by atoms with E-state index in [-0.39, 0.29) is 22.3 Å². The summed E-state index contributed by atoms with van der Waals surface area (Å²) in [5.74, 6) is -0.755. The zero-order chi connectivity index (χ0) is 15.4. The molecule has 1 fully saturated rings. The van der Waals surface area contributed by atoms with Gasteiger partial charge in [-0.15, -0.1) is 0 Å². The lowest BCUT2D eigenvalue weighted by molar-refractivity contribution is 0.0699. The summed E-state index contributed by atoms with van der Waals surface area (Å²) in [6.45, 7) is 0.855. The molecule has 2 rings (SSSR count). The van der Waals surface area contributed by atoms with Crippen LogP contribution in [0.3, 0.4) is 0 Å². The topological polar surface area (TPSA) is 57.0 Å². The fraction of sp³-hybridized carbons (Fsp3) is 0.500. The number of nitrogens with zero attached hydrogens (tertiary/aromatic N) is 3. The van der Waals surface area contributed by atoms with Crippen LogP contribution in [0.1, 0.15) is 36.0 Å². The number of rotatable bonds is 5. The summed E-state index contributed by atoms with van der Waals surface area (Å²) in [7, 11) is 0. The smallest absolute Gasteiger partial charge is 0.257 e. The maximum Gasteiger partial charge on any atom is 0.257 e. The van der Waals surface area contributed by atoms with Crippen LogP contribution in [0.4, 0.5) is 4.39 Å². The fourth-order valence-electron chi connectivity index (χ4n) is 2.21. The lowest BCUT2D eigenvalue weighted by Crippen LogP contribution is -2.38. The van der Waals surface area contributed by atoms with Crippen molar-refractivity contribution < 1.29 is 9.18 Å². The van der Waals surface area contributed by atoms with E-state index in [0.29, 0.717) is 19.0 Å². The number of hydrogen-bond acceptors (Lipinski definition) is 3. The summed E-state index contributed by atoms with van der Waals surface area (Å²) < 4.78 is 13.5. The summed E-state index contributed by atoms with van der Waals surface area (Å²) in [6, 6.07) is 3.01. The van der Waals surface area contributed by atoms with E-state index < -0.39 is 11.7 Å². The van der Waals surface area contributed by atoms with E-state index in [2.05, 4.69) is 4.98 Å². The zero-order valence-corrected chi connectivity index (χ0v) is 12.8. The quantitative estimate of drug-likeness (QED) is 0.774. The Labute approximate surface area is 132 Å². The molecule has 1 aliphatic carbocycles. The third-order valence-electron chi connectivity index (χ3n) is 3.60. The van der Waals surface area contributed by atoms with E-state index in [0.717, 1.165) is 25.3 Å². The summed E-state index contributed by atoms with van der Waals surface area (Å²) in [4.78, 5) is 17.7. The van der Waals surface area contributed by atoms with Gasteiger partial charge in [-0.05, 0) is 24.8 Å². The van der Waals surface area contributed by atoms with E-state index in [1.54, 1.807) is 4.90 Å². The molecule has 0 spiro atoms. The van der Waals surface area contributed by atoms with Crippen molar-refractivity contribution in [3.8, 4) is 6.07 Å². The highest BCUT2D eigenvalue weighted by atomic mass is 35.5. The third kappa shape index (κ3) is 3.84. The second-order valence-corrected chi connectivity index (χ2v) is 5.77. The standard InChI is InChI=1S/C14H14Cl2FN3O/c15-12-10(7-11(17)13(16)19-12)14(21)20(6-2-5-18)8-9-3-1-4-9/h7,9H,1-4,6,8H2. The Morgan fingerprint density at radius 3 is 2.76 bits per heavy atom. The Bertz CT molecular complexity index is 584. The van der Waals surface area contributed by atoms with Crippen molar-refractivity contribution in [2.75, 3.05) is 13.1 Å². The van der Waals surface area contributed by atoms with Crippen molar-refractivity contribution in [1.29, 1.82) is 5.26 Å². The fourth-order valence-corrected chi connectivity index (χ4v) is 2.62. The normalized spacial score (nSPS) is 14.4.